The second-order valence-electron chi connectivity index (χ2n) is 3.85. The molecule has 0 aliphatic rings. The normalized spacial score (nSPS) is 10.9. The maximum Gasteiger partial charge on any atom is 0.178 e. The van der Waals surface area contributed by atoms with Crippen LogP contribution in [0.25, 0.3) is 17.0 Å². The Morgan fingerprint density at radius 2 is 2.06 bits per heavy atom. The maximum atomic E-state index is 4.51. The van der Waals surface area contributed by atoms with Crippen molar-refractivity contribution in [3.63, 3.8) is 0 Å². The summed E-state index contributed by atoms with van der Waals surface area (Å²) in [7, 11) is 1.86. The zero-order chi connectivity index (χ0) is 12.4. The molecule has 0 saturated carbocycles. The van der Waals surface area contributed by atoms with Crippen LogP contribution in [0.5, 0.6) is 0 Å². The Labute approximate surface area is 104 Å². The predicted molar refractivity (Wildman–Crippen MR) is 66.8 cm³/mol. The smallest absolute Gasteiger partial charge is 0.178 e. The van der Waals surface area contributed by atoms with Crippen LogP contribution < -0.4 is 5.32 Å². The summed E-state index contributed by atoms with van der Waals surface area (Å²) in [5, 5.41) is 15.7. The summed E-state index contributed by atoms with van der Waals surface area (Å²) in [4.78, 5) is 4.28. The van der Waals surface area contributed by atoms with E-state index in [2.05, 4.69) is 25.6 Å². The number of nitrogens with one attached hydrogen (secondary N) is 1. The largest absolute Gasteiger partial charge is 0.313 e. The fourth-order valence-corrected chi connectivity index (χ4v) is 1.75. The van der Waals surface area contributed by atoms with Crippen molar-refractivity contribution in [1.29, 1.82) is 0 Å². The minimum atomic E-state index is 0.625. The van der Waals surface area contributed by atoms with Gasteiger partial charge in [-0.25, -0.2) is 0 Å². The Kier molecular flexibility index (Phi) is 2.70. The zero-order valence-electron chi connectivity index (χ0n) is 9.91. The first kappa shape index (κ1) is 10.8. The highest BCUT2D eigenvalue weighted by Crippen LogP contribution is 2.14. The van der Waals surface area contributed by atoms with Crippen molar-refractivity contribution < 1.29 is 0 Å². The Morgan fingerprint density at radius 3 is 2.83 bits per heavy atom. The Morgan fingerprint density at radius 1 is 1.11 bits per heavy atom. The van der Waals surface area contributed by atoms with Gasteiger partial charge < -0.3 is 5.32 Å². The lowest BCUT2D eigenvalue weighted by molar-refractivity contribution is 0.718. The highest BCUT2D eigenvalue weighted by atomic mass is 15.4. The van der Waals surface area contributed by atoms with Crippen molar-refractivity contribution in [2.75, 3.05) is 7.05 Å². The van der Waals surface area contributed by atoms with Crippen molar-refractivity contribution >= 4 is 5.65 Å². The van der Waals surface area contributed by atoms with Crippen molar-refractivity contribution in [3.8, 4) is 11.4 Å². The molecule has 18 heavy (non-hydrogen) atoms. The summed E-state index contributed by atoms with van der Waals surface area (Å²) in [5.74, 6) is 0.783. The van der Waals surface area contributed by atoms with Crippen LogP contribution in [0.2, 0.25) is 0 Å². The second kappa shape index (κ2) is 4.50. The minimum absolute atomic E-state index is 0.625. The molecule has 6 nitrogen and oxygen atoms in total. The molecule has 0 radical (unpaired) electrons. The lowest BCUT2D eigenvalue weighted by atomic mass is 10.2. The maximum absolute atomic E-state index is 4.51. The molecule has 0 aliphatic heterocycles. The summed E-state index contributed by atoms with van der Waals surface area (Å²) >= 11 is 0. The summed E-state index contributed by atoms with van der Waals surface area (Å²) in [6, 6.07) is 9.54. The van der Waals surface area contributed by atoms with Crippen molar-refractivity contribution in [2.45, 2.75) is 6.54 Å². The summed E-state index contributed by atoms with van der Waals surface area (Å²) in [6.07, 6.45) is 1.75. The van der Waals surface area contributed by atoms with E-state index in [9.17, 15) is 0 Å². The Balaban J connectivity index is 2.12. The quantitative estimate of drug-likeness (QED) is 0.737. The van der Waals surface area contributed by atoms with Gasteiger partial charge in [0, 0.05) is 6.20 Å². The van der Waals surface area contributed by atoms with Gasteiger partial charge >= 0.3 is 0 Å². The molecule has 6 heteroatoms. The van der Waals surface area contributed by atoms with Crippen LogP contribution in [0.3, 0.4) is 0 Å². The molecule has 0 saturated heterocycles. The van der Waals surface area contributed by atoms with Gasteiger partial charge in [0.05, 0.1) is 12.2 Å². The lowest BCUT2D eigenvalue weighted by Gasteiger charge is -2.01. The first-order valence-corrected chi connectivity index (χ1v) is 5.66. The van der Waals surface area contributed by atoms with Crippen molar-refractivity contribution in [3.05, 3.63) is 42.4 Å². The molecule has 0 unspecified atom stereocenters. The van der Waals surface area contributed by atoms with E-state index < -0.39 is 0 Å². The second-order valence-corrected chi connectivity index (χ2v) is 3.85. The van der Waals surface area contributed by atoms with Gasteiger partial charge in [-0.05, 0) is 31.3 Å². The monoisotopic (exact) mass is 240 g/mol. The molecule has 90 valence electrons. The van der Waals surface area contributed by atoms with E-state index in [4.69, 9.17) is 0 Å². The fraction of sp³-hybridized carbons (Fsp3) is 0.167. The number of aromatic nitrogens is 5. The van der Waals surface area contributed by atoms with Gasteiger partial charge in [0.1, 0.15) is 5.69 Å². The summed E-state index contributed by atoms with van der Waals surface area (Å²) in [5.41, 5.74) is 2.38. The molecule has 3 aromatic rings. The van der Waals surface area contributed by atoms with Crippen LogP contribution in [0, 0.1) is 0 Å². The molecular weight excluding hydrogens is 228 g/mol. The van der Waals surface area contributed by atoms with Crippen LogP contribution in [-0.2, 0) is 6.54 Å². The van der Waals surface area contributed by atoms with Crippen LogP contribution >= 0.6 is 0 Å². The van der Waals surface area contributed by atoms with Gasteiger partial charge in [0.15, 0.2) is 11.5 Å². The number of hydrogen-bond donors (Lipinski definition) is 1. The van der Waals surface area contributed by atoms with Gasteiger partial charge in [-0.15, -0.1) is 10.2 Å². The molecule has 3 heterocycles. The number of fused-ring (bicyclic) bond motifs is 1. The van der Waals surface area contributed by atoms with E-state index >= 15 is 0 Å². The molecule has 0 aliphatic carbocycles. The third-order valence-electron chi connectivity index (χ3n) is 2.59. The molecule has 0 amide bonds. The van der Waals surface area contributed by atoms with Crippen LogP contribution in [0.4, 0.5) is 0 Å². The standard InChI is InChI=1S/C12H12N6/c1-13-8-12-16-15-11-6-5-10(17-18(11)12)9-4-2-3-7-14-9/h2-7,13H,8H2,1H3. The Bertz CT molecular complexity index is 661. The Hall–Kier alpha value is -2.34. The minimum Gasteiger partial charge on any atom is -0.313 e. The highest BCUT2D eigenvalue weighted by molar-refractivity contribution is 5.55. The van der Waals surface area contributed by atoms with E-state index in [0.29, 0.717) is 6.54 Å². The van der Waals surface area contributed by atoms with Gasteiger partial charge in [-0.3, -0.25) is 4.98 Å². The van der Waals surface area contributed by atoms with Crippen molar-refractivity contribution in [1.82, 2.24) is 30.1 Å². The summed E-state index contributed by atoms with van der Waals surface area (Å²) < 4.78 is 1.74. The molecule has 0 atom stereocenters. The SMILES string of the molecule is CNCc1nnc2ccc(-c3ccccn3)nn12. The van der Waals surface area contributed by atoms with Gasteiger partial charge in [-0.2, -0.15) is 9.61 Å². The molecule has 3 rings (SSSR count). The van der Waals surface area contributed by atoms with Crippen LogP contribution in [-0.4, -0.2) is 31.8 Å². The number of rotatable bonds is 3. The molecule has 0 fully saturated rings. The average Bonchev–Trinajstić information content (AvgIpc) is 2.83. The van der Waals surface area contributed by atoms with Crippen LogP contribution in [0.1, 0.15) is 5.82 Å². The number of pyridine rings is 1. The lowest BCUT2D eigenvalue weighted by Crippen LogP contribution is -2.10. The van der Waals surface area contributed by atoms with Crippen molar-refractivity contribution in [2.24, 2.45) is 0 Å². The highest BCUT2D eigenvalue weighted by Gasteiger charge is 2.08. The molecular formula is C12H12N6. The predicted octanol–water partition coefficient (Wildman–Crippen LogP) is 0.906. The molecule has 1 N–H and O–H groups in total. The zero-order valence-corrected chi connectivity index (χ0v) is 9.91. The fourth-order valence-electron chi connectivity index (χ4n) is 1.75. The summed E-state index contributed by atoms with van der Waals surface area (Å²) in [6.45, 7) is 0.625. The number of nitrogens with zero attached hydrogens (tertiary/aromatic N) is 5. The molecule has 0 aromatic carbocycles. The molecule has 0 spiro atoms. The number of hydrogen-bond acceptors (Lipinski definition) is 5. The third kappa shape index (κ3) is 1.82. The third-order valence-corrected chi connectivity index (χ3v) is 2.59. The van der Waals surface area contributed by atoms with Gasteiger partial charge in [-0.1, -0.05) is 6.07 Å². The van der Waals surface area contributed by atoms with E-state index in [1.807, 2.05) is 37.4 Å². The van der Waals surface area contributed by atoms with E-state index in [0.717, 1.165) is 22.9 Å². The first-order chi connectivity index (χ1) is 8.88. The van der Waals surface area contributed by atoms with E-state index in [1.165, 1.54) is 0 Å². The molecule has 0 bridgehead atoms. The van der Waals surface area contributed by atoms with E-state index in [1.54, 1.807) is 10.7 Å². The molecule has 3 aromatic heterocycles. The average molecular weight is 240 g/mol. The first-order valence-electron chi connectivity index (χ1n) is 5.66. The van der Waals surface area contributed by atoms with Gasteiger partial charge in [0.25, 0.3) is 0 Å². The van der Waals surface area contributed by atoms with E-state index in [-0.39, 0.29) is 0 Å². The van der Waals surface area contributed by atoms with Crippen LogP contribution in [0.15, 0.2) is 36.5 Å². The topological polar surface area (TPSA) is 68.0 Å². The van der Waals surface area contributed by atoms with Gasteiger partial charge in [0.2, 0.25) is 0 Å².